The van der Waals surface area contributed by atoms with Gasteiger partial charge in [0.2, 0.25) is 0 Å². The molecule has 20 heavy (non-hydrogen) atoms. The molecule has 2 rings (SSSR count). The summed E-state index contributed by atoms with van der Waals surface area (Å²) in [5.41, 5.74) is 1.28. The zero-order valence-electron chi connectivity index (χ0n) is 13.3. The van der Waals surface area contributed by atoms with Crippen LogP contribution in [-0.2, 0) is 0 Å². The zero-order valence-corrected chi connectivity index (χ0v) is 13.3. The Morgan fingerprint density at radius 1 is 1.30 bits per heavy atom. The lowest BCUT2D eigenvalue weighted by molar-refractivity contribution is 0.692. The molecule has 1 aliphatic rings. The van der Waals surface area contributed by atoms with Crippen molar-refractivity contribution in [3.8, 4) is 0 Å². The Bertz CT molecular complexity index is 426. The second-order valence-electron chi connectivity index (χ2n) is 5.92. The molecule has 1 aromatic heterocycles. The third kappa shape index (κ3) is 3.41. The average molecular weight is 276 g/mol. The zero-order chi connectivity index (χ0) is 14.5. The Kier molecular flexibility index (Phi) is 5.21. The van der Waals surface area contributed by atoms with Gasteiger partial charge in [0, 0.05) is 24.7 Å². The first-order valence-electron chi connectivity index (χ1n) is 8.04. The van der Waals surface area contributed by atoms with Crippen molar-refractivity contribution < 1.29 is 0 Å². The molecule has 1 heterocycles. The summed E-state index contributed by atoms with van der Waals surface area (Å²) in [5, 5.41) is 3.39. The summed E-state index contributed by atoms with van der Waals surface area (Å²) in [7, 11) is 0. The summed E-state index contributed by atoms with van der Waals surface area (Å²) in [4.78, 5) is 11.6. The molecule has 0 saturated heterocycles. The van der Waals surface area contributed by atoms with E-state index in [2.05, 4.69) is 47.9 Å². The van der Waals surface area contributed by atoms with Crippen LogP contribution in [0.15, 0.2) is 6.33 Å². The highest BCUT2D eigenvalue weighted by Crippen LogP contribution is 2.37. The Balaban J connectivity index is 2.34. The van der Waals surface area contributed by atoms with Gasteiger partial charge in [-0.2, -0.15) is 0 Å². The number of hydrogen-bond donors (Lipinski definition) is 1. The van der Waals surface area contributed by atoms with Crippen molar-refractivity contribution >= 4 is 11.6 Å². The van der Waals surface area contributed by atoms with Gasteiger partial charge < -0.3 is 10.2 Å². The predicted molar refractivity (Wildman–Crippen MR) is 85.6 cm³/mol. The minimum atomic E-state index is 0.433. The maximum atomic E-state index is 4.63. The maximum Gasteiger partial charge on any atom is 0.137 e. The molecule has 0 atom stereocenters. The van der Waals surface area contributed by atoms with Crippen LogP contribution in [-0.4, -0.2) is 29.1 Å². The summed E-state index contributed by atoms with van der Waals surface area (Å²) in [6, 6.07) is 0.698. The van der Waals surface area contributed by atoms with Crippen molar-refractivity contribution in [1.82, 2.24) is 9.97 Å². The molecular weight excluding hydrogens is 248 g/mol. The van der Waals surface area contributed by atoms with E-state index in [0.717, 1.165) is 24.7 Å². The molecule has 1 saturated carbocycles. The van der Waals surface area contributed by atoms with E-state index in [4.69, 9.17) is 0 Å². The monoisotopic (exact) mass is 276 g/mol. The average Bonchev–Trinajstić information content (AvgIpc) is 3.24. The van der Waals surface area contributed by atoms with Crippen LogP contribution in [0.1, 0.15) is 64.9 Å². The van der Waals surface area contributed by atoms with Gasteiger partial charge >= 0.3 is 0 Å². The van der Waals surface area contributed by atoms with Crippen LogP contribution < -0.4 is 10.2 Å². The van der Waals surface area contributed by atoms with Crippen LogP contribution >= 0.6 is 0 Å². The topological polar surface area (TPSA) is 41.1 Å². The lowest BCUT2D eigenvalue weighted by Gasteiger charge is -2.28. The summed E-state index contributed by atoms with van der Waals surface area (Å²) >= 11 is 0. The first-order chi connectivity index (χ1) is 9.69. The molecule has 4 heteroatoms. The van der Waals surface area contributed by atoms with Gasteiger partial charge in [-0.25, -0.2) is 9.97 Å². The minimum absolute atomic E-state index is 0.433. The summed E-state index contributed by atoms with van der Waals surface area (Å²) in [6.45, 7) is 10.8. The van der Waals surface area contributed by atoms with E-state index in [9.17, 15) is 0 Å². The molecule has 0 aliphatic heterocycles. The van der Waals surface area contributed by atoms with Crippen molar-refractivity contribution in [3.05, 3.63) is 11.9 Å². The molecule has 0 spiro atoms. The third-order valence-corrected chi connectivity index (χ3v) is 3.80. The van der Waals surface area contributed by atoms with E-state index in [0.29, 0.717) is 12.0 Å². The molecule has 0 bridgehead atoms. The van der Waals surface area contributed by atoms with Gasteiger partial charge in [-0.15, -0.1) is 0 Å². The number of hydrogen-bond acceptors (Lipinski definition) is 4. The number of nitrogens with zero attached hydrogens (tertiary/aromatic N) is 3. The first-order valence-corrected chi connectivity index (χ1v) is 8.04. The largest absolute Gasteiger partial charge is 0.370 e. The molecule has 0 amide bonds. The van der Waals surface area contributed by atoms with E-state index in [1.54, 1.807) is 6.33 Å². The van der Waals surface area contributed by atoms with Gasteiger partial charge in [0.15, 0.2) is 0 Å². The van der Waals surface area contributed by atoms with Crippen molar-refractivity contribution in [2.45, 2.75) is 65.3 Å². The van der Waals surface area contributed by atoms with E-state index in [1.165, 1.54) is 31.2 Å². The molecule has 1 N–H and O–H groups in total. The van der Waals surface area contributed by atoms with Crippen molar-refractivity contribution in [2.75, 3.05) is 23.3 Å². The van der Waals surface area contributed by atoms with Gasteiger partial charge in [-0.05, 0) is 32.1 Å². The molecular formula is C16H28N4. The molecule has 4 nitrogen and oxygen atoms in total. The Hall–Kier alpha value is -1.32. The van der Waals surface area contributed by atoms with Crippen LogP contribution in [0, 0.1) is 0 Å². The van der Waals surface area contributed by atoms with Crippen LogP contribution in [0.5, 0.6) is 0 Å². The summed E-state index contributed by atoms with van der Waals surface area (Å²) < 4.78 is 0. The highest BCUT2D eigenvalue weighted by atomic mass is 15.2. The number of anilines is 2. The smallest absolute Gasteiger partial charge is 0.137 e. The lowest BCUT2D eigenvalue weighted by Crippen LogP contribution is -2.29. The highest BCUT2D eigenvalue weighted by molar-refractivity contribution is 5.61. The van der Waals surface area contributed by atoms with Crippen molar-refractivity contribution in [2.24, 2.45) is 0 Å². The summed E-state index contributed by atoms with van der Waals surface area (Å²) in [6.07, 6.45) is 6.78. The lowest BCUT2D eigenvalue weighted by atomic mass is 10.0. The highest BCUT2D eigenvalue weighted by Gasteiger charge is 2.32. The molecule has 112 valence electrons. The second kappa shape index (κ2) is 6.91. The Morgan fingerprint density at radius 2 is 2.05 bits per heavy atom. The van der Waals surface area contributed by atoms with E-state index < -0.39 is 0 Å². The molecule has 0 radical (unpaired) electrons. The number of rotatable bonds is 8. The summed E-state index contributed by atoms with van der Waals surface area (Å²) in [5.74, 6) is 2.60. The van der Waals surface area contributed by atoms with Crippen LogP contribution in [0.3, 0.4) is 0 Å². The molecule has 0 aromatic carbocycles. The molecule has 1 fully saturated rings. The number of nitrogens with one attached hydrogen (secondary N) is 1. The fraction of sp³-hybridized carbons (Fsp3) is 0.750. The van der Waals surface area contributed by atoms with E-state index in [1.807, 2.05) is 0 Å². The van der Waals surface area contributed by atoms with E-state index >= 15 is 0 Å². The third-order valence-electron chi connectivity index (χ3n) is 3.80. The minimum Gasteiger partial charge on any atom is -0.370 e. The van der Waals surface area contributed by atoms with Crippen molar-refractivity contribution in [3.63, 3.8) is 0 Å². The first kappa shape index (κ1) is 15.1. The molecule has 0 unspecified atom stereocenters. The normalized spacial score (nSPS) is 14.7. The second-order valence-corrected chi connectivity index (χ2v) is 5.92. The predicted octanol–water partition coefficient (Wildman–Crippen LogP) is 3.80. The van der Waals surface area contributed by atoms with Crippen molar-refractivity contribution in [1.29, 1.82) is 0 Å². The fourth-order valence-electron chi connectivity index (χ4n) is 2.63. The van der Waals surface area contributed by atoms with Crippen LogP contribution in [0.4, 0.5) is 11.6 Å². The van der Waals surface area contributed by atoms with Crippen LogP contribution in [0.2, 0.25) is 0 Å². The SMILES string of the molecule is CCCCN(c1ncnc(NCC)c1C(C)C)C1CC1. The van der Waals surface area contributed by atoms with Gasteiger partial charge in [-0.1, -0.05) is 27.2 Å². The van der Waals surface area contributed by atoms with Gasteiger partial charge in [0.25, 0.3) is 0 Å². The Morgan fingerprint density at radius 3 is 2.60 bits per heavy atom. The van der Waals surface area contributed by atoms with Crippen LogP contribution in [0.25, 0.3) is 0 Å². The van der Waals surface area contributed by atoms with Gasteiger partial charge in [-0.3, -0.25) is 0 Å². The maximum absolute atomic E-state index is 4.63. The van der Waals surface area contributed by atoms with Gasteiger partial charge in [0.1, 0.15) is 18.0 Å². The number of unbranched alkanes of at least 4 members (excludes halogenated alkanes) is 1. The quantitative estimate of drug-likeness (QED) is 0.784. The molecule has 1 aromatic rings. The fourth-order valence-corrected chi connectivity index (χ4v) is 2.63. The molecule has 1 aliphatic carbocycles. The van der Waals surface area contributed by atoms with E-state index in [-0.39, 0.29) is 0 Å². The number of aromatic nitrogens is 2. The van der Waals surface area contributed by atoms with Gasteiger partial charge in [0.05, 0.1) is 0 Å². The standard InChI is InChI=1S/C16H28N4/c1-5-7-10-20(13-8-9-13)16-14(12(3)4)15(17-6-2)18-11-19-16/h11-13H,5-10H2,1-4H3,(H,17,18,19). The Labute approximate surface area is 123 Å².